The van der Waals surface area contributed by atoms with Crippen LogP contribution in [0.5, 0.6) is 0 Å². The van der Waals surface area contributed by atoms with Gasteiger partial charge in [0.2, 0.25) is 0 Å². The van der Waals surface area contributed by atoms with Crippen LogP contribution in [-0.2, 0) is 28.6 Å². The SMILES string of the molecule is CCCCC/C=C\C/C=C\CCCCCCCCCCCC(=O)O[C@@H](COC(=O)CCCCCCC/C=C\CCCCCCCC)COC(=O)CCCCCCCCC/C=C\C/C=C\CCCCC. The topological polar surface area (TPSA) is 78.9 Å². The number of carbonyl (C=O) groups excluding carboxylic acids is 3. The number of allylic oxidation sites excluding steroid dienone is 10. The van der Waals surface area contributed by atoms with Crippen LogP contribution in [0.3, 0.4) is 0 Å². The first-order chi connectivity index (χ1) is 34.0. The van der Waals surface area contributed by atoms with Crippen molar-refractivity contribution in [2.75, 3.05) is 13.2 Å². The van der Waals surface area contributed by atoms with Gasteiger partial charge in [0.25, 0.3) is 0 Å². The van der Waals surface area contributed by atoms with Crippen molar-refractivity contribution in [2.24, 2.45) is 0 Å². The molecule has 0 heterocycles. The lowest BCUT2D eigenvalue weighted by Gasteiger charge is -2.18. The lowest BCUT2D eigenvalue weighted by Crippen LogP contribution is -2.30. The Hall–Kier alpha value is -2.89. The average molecular weight is 966 g/mol. The van der Waals surface area contributed by atoms with Gasteiger partial charge in [-0.05, 0) is 109 Å². The molecule has 0 fully saturated rings. The van der Waals surface area contributed by atoms with Gasteiger partial charge in [0, 0.05) is 19.3 Å². The molecule has 400 valence electrons. The zero-order valence-electron chi connectivity index (χ0n) is 45.8. The first-order valence-electron chi connectivity index (χ1n) is 29.8. The Balaban J connectivity index is 4.39. The Kier molecular flexibility index (Phi) is 55.3. The molecule has 0 saturated heterocycles. The molecular formula is C63H112O6. The molecule has 0 radical (unpaired) electrons. The van der Waals surface area contributed by atoms with Crippen LogP contribution < -0.4 is 0 Å². The molecule has 0 saturated carbocycles. The van der Waals surface area contributed by atoms with Crippen LogP contribution in [0.4, 0.5) is 0 Å². The summed E-state index contributed by atoms with van der Waals surface area (Å²) in [5.41, 5.74) is 0. The number of rotatable bonds is 54. The Morgan fingerprint density at radius 2 is 0.522 bits per heavy atom. The number of carbonyl (C=O) groups is 3. The highest BCUT2D eigenvalue weighted by Gasteiger charge is 2.19. The van der Waals surface area contributed by atoms with Gasteiger partial charge in [-0.3, -0.25) is 14.4 Å². The molecule has 69 heavy (non-hydrogen) atoms. The number of hydrogen-bond acceptors (Lipinski definition) is 6. The van der Waals surface area contributed by atoms with Gasteiger partial charge < -0.3 is 14.2 Å². The van der Waals surface area contributed by atoms with Gasteiger partial charge in [-0.25, -0.2) is 0 Å². The fourth-order valence-electron chi connectivity index (χ4n) is 8.44. The van der Waals surface area contributed by atoms with E-state index in [2.05, 4.69) is 81.5 Å². The van der Waals surface area contributed by atoms with Crippen LogP contribution in [0.1, 0.15) is 303 Å². The van der Waals surface area contributed by atoms with E-state index < -0.39 is 6.10 Å². The molecule has 6 heteroatoms. The number of ether oxygens (including phenoxy) is 3. The average Bonchev–Trinajstić information content (AvgIpc) is 3.35. The van der Waals surface area contributed by atoms with E-state index in [0.717, 1.165) is 83.5 Å². The van der Waals surface area contributed by atoms with Gasteiger partial charge in [-0.15, -0.1) is 0 Å². The van der Waals surface area contributed by atoms with E-state index in [0.29, 0.717) is 19.3 Å². The van der Waals surface area contributed by atoms with Gasteiger partial charge >= 0.3 is 17.9 Å². The van der Waals surface area contributed by atoms with Gasteiger partial charge in [0.05, 0.1) is 0 Å². The first kappa shape index (κ1) is 66.1. The second kappa shape index (κ2) is 57.7. The zero-order chi connectivity index (χ0) is 50.0. The monoisotopic (exact) mass is 965 g/mol. The van der Waals surface area contributed by atoms with Crippen molar-refractivity contribution in [3.05, 3.63) is 60.8 Å². The molecule has 0 aliphatic heterocycles. The fourth-order valence-corrected chi connectivity index (χ4v) is 8.44. The lowest BCUT2D eigenvalue weighted by atomic mass is 10.1. The van der Waals surface area contributed by atoms with Crippen LogP contribution in [-0.4, -0.2) is 37.2 Å². The molecule has 6 nitrogen and oxygen atoms in total. The van der Waals surface area contributed by atoms with E-state index in [1.165, 1.54) is 180 Å². The summed E-state index contributed by atoms with van der Waals surface area (Å²) in [7, 11) is 0. The predicted molar refractivity (Wildman–Crippen MR) is 298 cm³/mol. The third kappa shape index (κ3) is 55.9. The van der Waals surface area contributed by atoms with Crippen LogP contribution in [0.15, 0.2) is 60.8 Å². The standard InChI is InChI=1S/C63H112O6/c1-4-7-10-13-16-19-22-25-28-30-31-33-36-39-42-45-48-51-54-57-63(66)69-60(58-67-61(64)55-52-49-46-43-40-37-34-27-24-21-18-15-12-9-6-3)59-68-62(65)56-53-50-47-44-41-38-35-32-29-26-23-20-17-14-11-8-5-2/h16-17,19-20,25-29,34,60H,4-15,18,21-24,30-33,35-59H2,1-3H3/b19-16-,20-17-,28-25-,29-26-,34-27-/t60-/m0/s1. The van der Waals surface area contributed by atoms with Crippen molar-refractivity contribution in [1.29, 1.82) is 0 Å². The Morgan fingerprint density at radius 3 is 0.841 bits per heavy atom. The maximum Gasteiger partial charge on any atom is 0.306 e. The van der Waals surface area contributed by atoms with Crippen molar-refractivity contribution < 1.29 is 28.6 Å². The minimum Gasteiger partial charge on any atom is -0.462 e. The highest BCUT2D eigenvalue weighted by molar-refractivity contribution is 5.71. The van der Waals surface area contributed by atoms with Gasteiger partial charge in [0.15, 0.2) is 6.10 Å². The zero-order valence-corrected chi connectivity index (χ0v) is 45.8. The largest absolute Gasteiger partial charge is 0.462 e. The minimum absolute atomic E-state index is 0.0816. The molecular weight excluding hydrogens is 853 g/mol. The van der Waals surface area contributed by atoms with Crippen LogP contribution in [0.25, 0.3) is 0 Å². The number of hydrogen-bond donors (Lipinski definition) is 0. The lowest BCUT2D eigenvalue weighted by molar-refractivity contribution is -0.167. The molecule has 0 rings (SSSR count). The van der Waals surface area contributed by atoms with E-state index >= 15 is 0 Å². The molecule has 0 aromatic heterocycles. The first-order valence-corrected chi connectivity index (χ1v) is 29.8. The molecule has 1 atom stereocenters. The summed E-state index contributed by atoms with van der Waals surface area (Å²) in [5, 5.41) is 0. The summed E-state index contributed by atoms with van der Waals surface area (Å²) >= 11 is 0. The summed E-state index contributed by atoms with van der Waals surface area (Å²) in [6, 6.07) is 0. The molecule has 0 amide bonds. The minimum atomic E-state index is -0.783. The number of esters is 3. The quantitative estimate of drug-likeness (QED) is 0.0262. The molecule has 0 aromatic carbocycles. The van der Waals surface area contributed by atoms with Crippen molar-refractivity contribution in [1.82, 2.24) is 0 Å². The highest BCUT2D eigenvalue weighted by atomic mass is 16.6. The predicted octanol–water partition coefficient (Wildman–Crippen LogP) is 20.0. The van der Waals surface area contributed by atoms with Crippen molar-refractivity contribution >= 4 is 17.9 Å². The Morgan fingerprint density at radius 1 is 0.290 bits per heavy atom. The third-order valence-corrected chi connectivity index (χ3v) is 13.0. The maximum atomic E-state index is 12.9. The molecule has 0 unspecified atom stereocenters. The number of unbranched alkanes of at least 4 members (excludes halogenated alkanes) is 33. The summed E-state index contributed by atoms with van der Waals surface area (Å²) in [4.78, 5) is 38.2. The second-order valence-corrected chi connectivity index (χ2v) is 19.9. The summed E-state index contributed by atoms with van der Waals surface area (Å²) < 4.78 is 16.9. The van der Waals surface area contributed by atoms with Gasteiger partial charge in [0.1, 0.15) is 13.2 Å². The molecule has 0 N–H and O–H groups in total. The van der Waals surface area contributed by atoms with Gasteiger partial charge in [-0.2, -0.15) is 0 Å². The second-order valence-electron chi connectivity index (χ2n) is 19.9. The van der Waals surface area contributed by atoms with Crippen molar-refractivity contribution in [3.63, 3.8) is 0 Å². The fraction of sp³-hybridized carbons (Fsp3) is 0.794. The third-order valence-electron chi connectivity index (χ3n) is 13.0. The van der Waals surface area contributed by atoms with E-state index in [9.17, 15) is 14.4 Å². The van der Waals surface area contributed by atoms with Crippen molar-refractivity contribution in [2.45, 2.75) is 309 Å². The van der Waals surface area contributed by atoms with E-state index in [1.54, 1.807) is 0 Å². The summed E-state index contributed by atoms with van der Waals surface area (Å²) in [6.07, 6.45) is 72.0. The molecule has 0 aromatic rings. The van der Waals surface area contributed by atoms with Crippen LogP contribution >= 0.6 is 0 Å². The molecule has 0 aliphatic rings. The Labute approximate surface area is 428 Å². The van der Waals surface area contributed by atoms with Crippen LogP contribution in [0.2, 0.25) is 0 Å². The summed E-state index contributed by atoms with van der Waals surface area (Å²) in [6.45, 7) is 6.60. The van der Waals surface area contributed by atoms with Crippen LogP contribution in [0, 0.1) is 0 Å². The normalized spacial score (nSPS) is 12.4. The summed E-state index contributed by atoms with van der Waals surface area (Å²) in [5.74, 6) is -0.889. The van der Waals surface area contributed by atoms with E-state index in [4.69, 9.17) is 14.2 Å². The van der Waals surface area contributed by atoms with E-state index in [1.807, 2.05) is 0 Å². The Bertz CT molecular complexity index is 1250. The molecule has 0 spiro atoms. The maximum absolute atomic E-state index is 12.9. The molecule has 0 bridgehead atoms. The highest BCUT2D eigenvalue weighted by Crippen LogP contribution is 2.15. The van der Waals surface area contributed by atoms with Gasteiger partial charge in [-0.1, -0.05) is 236 Å². The smallest absolute Gasteiger partial charge is 0.306 e. The molecule has 0 aliphatic carbocycles. The van der Waals surface area contributed by atoms with E-state index in [-0.39, 0.29) is 31.1 Å². The van der Waals surface area contributed by atoms with Crippen molar-refractivity contribution in [3.8, 4) is 0 Å².